The van der Waals surface area contributed by atoms with Crippen LogP contribution in [0.3, 0.4) is 0 Å². The van der Waals surface area contributed by atoms with E-state index < -0.39 is 22.5 Å². The average Bonchev–Trinajstić information content (AvgIpc) is 3.42. The first-order valence-corrected chi connectivity index (χ1v) is 10.9. The van der Waals surface area contributed by atoms with Gasteiger partial charge in [-0.2, -0.15) is 0 Å². The number of fused-ring (bicyclic) bond motifs is 1. The van der Waals surface area contributed by atoms with Crippen LogP contribution in [0.1, 0.15) is 26.5 Å². The lowest BCUT2D eigenvalue weighted by molar-refractivity contribution is -0.385. The number of nitro groups is 1. The van der Waals surface area contributed by atoms with E-state index in [0.717, 1.165) is 10.8 Å². The van der Waals surface area contributed by atoms with E-state index in [-0.39, 0.29) is 39.8 Å². The number of benzene rings is 2. The van der Waals surface area contributed by atoms with Gasteiger partial charge in [0.1, 0.15) is 21.9 Å². The van der Waals surface area contributed by atoms with Crippen LogP contribution in [0.15, 0.2) is 40.8 Å². The van der Waals surface area contributed by atoms with Gasteiger partial charge >= 0.3 is 5.97 Å². The van der Waals surface area contributed by atoms with E-state index in [4.69, 9.17) is 18.6 Å². The zero-order valence-electron chi connectivity index (χ0n) is 19.0. The van der Waals surface area contributed by atoms with Crippen LogP contribution >= 0.6 is 11.3 Å². The largest absolute Gasteiger partial charge is 0.493 e. The smallest absolute Gasteiger partial charge is 0.342 e. The molecule has 1 N–H and O–H groups in total. The minimum atomic E-state index is -0.856. The Bertz CT molecular complexity index is 1440. The molecule has 0 aliphatic carbocycles. The molecule has 4 aromatic rings. The van der Waals surface area contributed by atoms with Crippen LogP contribution < -0.4 is 14.8 Å². The van der Waals surface area contributed by atoms with E-state index in [0.29, 0.717) is 10.5 Å². The number of nitro benzene ring substituents is 1. The average molecular weight is 497 g/mol. The number of aryl methyl sites for hydroxylation is 1. The summed E-state index contributed by atoms with van der Waals surface area (Å²) in [5, 5.41) is 14.6. The van der Waals surface area contributed by atoms with Gasteiger partial charge in [0.05, 0.1) is 48.1 Å². The molecule has 2 aromatic carbocycles. The molecule has 0 unspecified atom stereocenters. The Balaban J connectivity index is 1.85. The van der Waals surface area contributed by atoms with Crippen LogP contribution in [0.5, 0.6) is 11.5 Å². The molecule has 0 atom stereocenters. The molecule has 2 heterocycles. The third-order valence-electron chi connectivity index (χ3n) is 5.15. The van der Waals surface area contributed by atoms with Crippen molar-refractivity contribution in [2.75, 3.05) is 26.6 Å². The highest BCUT2D eigenvalue weighted by Gasteiger charge is 2.31. The number of amides is 1. The number of hydrogen-bond acceptors (Lipinski definition) is 10. The Morgan fingerprint density at radius 3 is 2.43 bits per heavy atom. The predicted molar refractivity (Wildman–Crippen MR) is 128 cm³/mol. The summed E-state index contributed by atoms with van der Waals surface area (Å²) >= 11 is 1.29. The molecule has 0 spiro atoms. The molecule has 12 heteroatoms. The van der Waals surface area contributed by atoms with Gasteiger partial charge in [-0.05, 0) is 19.1 Å². The molecule has 0 radical (unpaired) electrons. The van der Waals surface area contributed by atoms with Gasteiger partial charge in [0, 0.05) is 6.07 Å². The number of para-hydroxylation sites is 1. The second-order valence-electron chi connectivity index (χ2n) is 7.15. The molecule has 0 saturated heterocycles. The van der Waals surface area contributed by atoms with Crippen molar-refractivity contribution >= 4 is 45.0 Å². The molecule has 0 aliphatic heterocycles. The third kappa shape index (κ3) is 4.26. The first-order chi connectivity index (χ1) is 16.8. The quantitative estimate of drug-likeness (QED) is 0.216. The lowest BCUT2D eigenvalue weighted by Gasteiger charge is -2.10. The van der Waals surface area contributed by atoms with Crippen molar-refractivity contribution < 1.29 is 33.1 Å². The number of carbonyl (C=O) groups is 2. The summed E-state index contributed by atoms with van der Waals surface area (Å²) in [6, 6.07) is 9.64. The summed E-state index contributed by atoms with van der Waals surface area (Å²) in [6.45, 7) is 1.54. The van der Waals surface area contributed by atoms with Crippen molar-refractivity contribution in [1.29, 1.82) is 0 Å². The summed E-state index contributed by atoms with van der Waals surface area (Å²) in [4.78, 5) is 41.3. The maximum atomic E-state index is 13.2. The Hall–Kier alpha value is -4.45. The standard InChI is InChI=1S/C23H19N3O8S/c1-11-18(23(28)33-4)19(22-24-13-7-5-6-8-17(13)35-22)21(34-11)25-20(27)12-9-15(31-2)16(32-3)10-14(12)26(29)30/h5-10H,1-4H3,(H,25,27). The number of nitrogens with one attached hydrogen (secondary N) is 1. The van der Waals surface area contributed by atoms with Crippen LogP contribution in [-0.4, -0.2) is 43.1 Å². The number of anilines is 1. The zero-order valence-corrected chi connectivity index (χ0v) is 19.8. The van der Waals surface area contributed by atoms with E-state index in [1.54, 1.807) is 0 Å². The number of hydrogen-bond donors (Lipinski definition) is 1. The van der Waals surface area contributed by atoms with Crippen molar-refractivity contribution in [1.82, 2.24) is 4.98 Å². The Morgan fingerprint density at radius 2 is 1.80 bits per heavy atom. The summed E-state index contributed by atoms with van der Waals surface area (Å²) in [5.74, 6) is -1.24. The molecule has 2 aromatic heterocycles. The van der Waals surface area contributed by atoms with E-state index in [9.17, 15) is 19.7 Å². The van der Waals surface area contributed by atoms with Crippen LogP contribution in [0, 0.1) is 17.0 Å². The van der Waals surface area contributed by atoms with Crippen LogP contribution in [0.25, 0.3) is 20.8 Å². The van der Waals surface area contributed by atoms with Gasteiger partial charge in [-0.1, -0.05) is 12.1 Å². The highest BCUT2D eigenvalue weighted by Crippen LogP contribution is 2.41. The number of ether oxygens (including phenoxy) is 3. The van der Waals surface area contributed by atoms with E-state index in [1.807, 2.05) is 24.3 Å². The third-order valence-corrected chi connectivity index (χ3v) is 6.21. The minimum Gasteiger partial charge on any atom is -0.493 e. The highest BCUT2D eigenvalue weighted by atomic mass is 32.1. The number of esters is 1. The maximum absolute atomic E-state index is 13.2. The van der Waals surface area contributed by atoms with Gasteiger partial charge in [-0.3, -0.25) is 20.2 Å². The molecule has 180 valence electrons. The number of nitrogens with zero attached hydrogens (tertiary/aromatic N) is 2. The van der Waals surface area contributed by atoms with Gasteiger partial charge in [-0.15, -0.1) is 11.3 Å². The normalized spacial score (nSPS) is 10.7. The molecule has 4 rings (SSSR count). The van der Waals surface area contributed by atoms with E-state index in [1.165, 1.54) is 45.7 Å². The number of thiazole rings is 1. The lowest BCUT2D eigenvalue weighted by Crippen LogP contribution is -2.15. The number of methoxy groups -OCH3 is 3. The molecule has 0 aliphatic rings. The first-order valence-electron chi connectivity index (χ1n) is 10.1. The molecule has 0 fully saturated rings. The van der Waals surface area contributed by atoms with Crippen LogP contribution in [-0.2, 0) is 4.74 Å². The van der Waals surface area contributed by atoms with Gasteiger partial charge in [0.2, 0.25) is 5.88 Å². The highest BCUT2D eigenvalue weighted by molar-refractivity contribution is 7.21. The van der Waals surface area contributed by atoms with E-state index in [2.05, 4.69) is 10.3 Å². The Labute approximate surface area is 202 Å². The van der Waals surface area contributed by atoms with Crippen molar-refractivity contribution in [3.05, 3.63) is 63.4 Å². The Kier molecular flexibility index (Phi) is 6.38. The van der Waals surface area contributed by atoms with Crippen molar-refractivity contribution in [2.24, 2.45) is 0 Å². The molecule has 1 amide bonds. The summed E-state index contributed by atoms with van der Waals surface area (Å²) in [5.41, 5.74) is 0.195. The monoisotopic (exact) mass is 497 g/mol. The summed E-state index contributed by atoms with van der Waals surface area (Å²) in [7, 11) is 3.89. The summed E-state index contributed by atoms with van der Waals surface area (Å²) in [6.07, 6.45) is 0. The Morgan fingerprint density at radius 1 is 1.11 bits per heavy atom. The number of aromatic nitrogens is 1. The van der Waals surface area contributed by atoms with Crippen molar-refractivity contribution in [2.45, 2.75) is 6.92 Å². The second kappa shape index (κ2) is 9.43. The lowest BCUT2D eigenvalue weighted by atomic mass is 10.1. The molecular formula is C23H19N3O8S. The fraction of sp³-hybridized carbons (Fsp3) is 0.174. The molecular weight excluding hydrogens is 478 g/mol. The van der Waals surface area contributed by atoms with Crippen molar-refractivity contribution in [3.63, 3.8) is 0 Å². The molecule has 35 heavy (non-hydrogen) atoms. The van der Waals surface area contributed by atoms with Gasteiger partial charge in [-0.25, -0.2) is 9.78 Å². The first kappa shape index (κ1) is 23.7. The number of furan rings is 1. The minimum absolute atomic E-state index is 0.0867. The molecule has 11 nitrogen and oxygen atoms in total. The fourth-order valence-electron chi connectivity index (χ4n) is 3.54. The van der Waals surface area contributed by atoms with Crippen LogP contribution in [0.4, 0.5) is 11.6 Å². The number of rotatable bonds is 7. The predicted octanol–water partition coefficient (Wildman–Crippen LogP) is 4.83. The van der Waals surface area contributed by atoms with Gasteiger partial charge in [0.25, 0.3) is 11.6 Å². The summed E-state index contributed by atoms with van der Waals surface area (Å²) < 4.78 is 21.8. The zero-order chi connectivity index (χ0) is 25.3. The maximum Gasteiger partial charge on any atom is 0.342 e. The van der Waals surface area contributed by atoms with Crippen molar-refractivity contribution in [3.8, 4) is 22.1 Å². The van der Waals surface area contributed by atoms with Gasteiger partial charge in [0.15, 0.2) is 11.5 Å². The second-order valence-corrected chi connectivity index (χ2v) is 8.18. The van der Waals surface area contributed by atoms with Crippen LogP contribution in [0.2, 0.25) is 0 Å². The fourth-order valence-corrected chi connectivity index (χ4v) is 4.55. The topological polar surface area (TPSA) is 143 Å². The van der Waals surface area contributed by atoms with E-state index >= 15 is 0 Å². The SMILES string of the molecule is COC(=O)c1c(C)oc(NC(=O)c2cc(OC)c(OC)cc2[N+](=O)[O-])c1-c1nc2ccccc2s1. The number of carbonyl (C=O) groups excluding carboxylic acids is 2. The molecule has 0 bridgehead atoms. The van der Waals surface area contributed by atoms with Gasteiger partial charge < -0.3 is 18.6 Å². The molecule has 0 saturated carbocycles.